The molecule has 0 aliphatic rings. The van der Waals surface area contributed by atoms with E-state index in [1.165, 1.54) is 23.4 Å². The largest absolute Gasteiger partial charge is 0.335 e. The molecule has 4 nitrogen and oxygen atoms in total. The predicted molar refractivity (Wildman–Crippen MR) is 80.2 cm³/mol. The Morgan fingerprint density at radius 2 is 2.23 bits per heavy atom. The molecule has 0 bridgehead atoms. The summed E-state index contributed by atoms with van der Waals surface area (Å²) < 4.78 is 26.2. The SMILES string of the molecule is Cc1cccc(C=CC(=O)N(C)Cc2nccn2C(F)F)c1. The monoisotopic (exact) mass is 305 g/mol. The van der Waals surface area contributed by atoms with Crippen LogP contribution in [0, 0.1) is 6.92 Å². The van der Waals surface area contributed by atoms with Crippen LogP contribution in [0.1, 0.15) is 23.5 Å². The molecule has 1 amide bonds. The molecule has 0 atom stereocenters. The molecule has 2 aromatic rings. The van der Waals surface area contributed by atoms with Crippen LogP contribution >= 0.6 is 0 Å². The number of benzene rings is 1. The summed E-state index contributed by atoms with van der Waals surface area (Å²) in [5, 5.41) is 0. The second-order valence-corrected chi connectivity index (χ2v) is 4.97. The minimum absolute atomic E-state index is 0.0222. The Balaban J connectivity index is 2.01. The van der Waals surface area contributed by atoms with Crippen molar-refractivity contribution in [3.63, 3.8) is 0 Å². The van der Waals surface area contributed by atoms with E-state index >= 15 is 0 Å². The van der Waals surface area contributed by atoms with E-state index < -0.39 is 6.55 Å². The first-order valence-corrected chi connectivity index (χ1v) is 6.77. The van der Waals surface area contributed by atoms with Gasteiger partial charge in [-0.1, -0.05) is 29.8 Å². The third kappa shape index (κ3) is 4.00. The number of aryl methyl sites for hydroxylation is 1. The molecule has 0 aliphatic carbocycles. The highest BCUT2D eigenvalue weighted by molar-refractivity contribution is 5.91. The number of hydrogen-bond acceptors (Lipinski definition) is 2. The highest BCUT2D eigenvalue weighted by atomic mass is 19.3. The van der Waals surface area contributed by atoms with Crippen molar-refractivity contribution in [3.05, 3.63) is 59.7 Å². The number of carbonyl (C=O) groups is 1. The fraction of sp³-hybridized carbons (Fsp3) is 0.250. The Labute approximate surface area is 127 Å². The van der Waals surface area contributed by atoms with E-state index in [0.29, 0.717) is 0 Å². The van der Waals surface area contributed by atoms with Crippen LogP contribution in [0.4, 0.5) is 8.78 Å². The Hall–Kier alpha value is -2.50. The smallest absolute Gasteiger partial charge is 0.319 e. The number of amides is 1. The Bertz CT molecular complexity index is 680. The summed E-state index contributed by atoms with van der Waals surface area (Å²) in [4.78, 5) is 17.2. The minimum Gasteiger partial charge on any atom is -0.335 e. The first-order valence-electron chi connectivity index (χ1n) is 6.77. The average molecular weight is 305 g/mol. The van der Waals surface area contributed by atoms with Gasteiger partial charge >= 0.3 is 6.55 Å². The molecule has 1 aromatic carbocycles. The Morgan fingerprint density at radius 3 is 2.91 bits per heavy atom. The molecule has 1 heterocycles. The summed E-state index contributed by atoms with van der Waals surface area (Å²) in [5.41, 5.74) is 2.01. The van der Waals surface area contributed by atoms with Crippen LogP contribution < -0.4 is 0 Å². The number of alkyl halides is 2. The zero-order chi connectivity index (χ0) is 16.1. The van der Waals surface area contributed by atoms with E-state index in [2.05, 4.69) is 4.98 Å². The molecule has 0 spiro atoms. The second-order valence-electron chi connectivity index (χ2n) is 4.97. The van der Waals surface area contributed by atoms with Gasteiger partial charge in [0.2, 0.25) is 5.91 Å². The van der Waals surface area contributed by atoms with Crippen molar-refractivity contribution in [2.24, 2.45) is 0 Å². The molecule has 0 saturated heterocycles. The maximum absolute atomic E-state index is 12.7. The molecule has 0 fully saturated rings. The summed E-state index contributed by atoms with van der Waals surface area (Å²) in [6.45, 7) is -0.673. The van der Waals surface area contributed by atoms with Gasteiger partial charge in [0.1, 0.15) is 5.82 Å². The van der Waals surface area contributed by atoms with Gasteiger partial charge in [-0.05, 0) is 18.6 Å². The lowest BCUT2D eigenvalue weighted by Crippen LogP contribution is -2.26. The molecule has 0 saturated carbocycles. The lowest BCUT2D eigenvalue weighted by Gasteiger charge is -2.15. The third-order valence-corrected chi connectivity index (χ3v) is 3.17. The van der Waals surface area contributed by atoms with E-state index in [-0.39, 0.29) is 18.3 Å². The molecule has 6 heteroatoms. The van der Waals surface area contributed by atoms with Gasteiger partial charge in [-0.3, -0.25) is 9.36 Å². The summed E-state index contributed by atoms with van der Waals surface area (Å²) in [7, 11) is 1.55. The molecule has 0 aliphatic heterocycles. The van der Waals surface area contributed by atoms with Crippen LogP contribution in [0.5, 0.6) is 0 Å². The van der Waals surface area contributed by atoms with Crippen molar-refractivity contribution in [1.82, 2.24) is 14.5 Å². The standard InChI is InChI=1S/C16H17F2N3O/c1-12-4-3-5-13(10-12)6-7-15(22)20(2)11-14-19-8-9-21(14)16(17)18/h3-10,16H,11H2,1-2H3. The normalized spacial score (nSPS) is 11.3. The second kappa shape index (κ2) is 6.98. The predicted octanol–water partition coefficient (Wildman–Crippen LogP) is 3.26. The van der Waals surface area contributed by atoms with Gasteiger partial charge in [0, 0.05) is 25.5 Å². The first-order chi connectivity index (χ1) is 10.5. The van der Waals surface area contributed by atoms with Gasteiger partial charge in [-0.25, -0.2) is 4.98 Å². The number of halogens is 2. The fourth-order valence-electron chi connectivity index (χ4n) is 2.00. The number of nitrogens with zero attached hydrogens (tertiary/aromatic N) is 3. The highest BCUT2D eigenvalue weighted by Crippen LogP contribution is 2.14. The van der Waals surface area contributed by atoms with Crippen molar-refractivity contribution in [2.45, 2.75) is 20.0 Å². The number of aromatic nitrogens is 2. The summed E-state index contributed by atoms with van der Waals surface area (Å²) in [6, 6.07) is 7.71. The van der Waals surface area contributed by atoms with Crippen LogP contribution in [-0.2, 0) is 11.3 Å². The fourth-order valence-corrected chi connectivity index (χ4v) is 2.00. The Kier molecular flexibility index (Phi) is 5.04. The molecule has 0 radical (unpaired) electrons. The topological polar surface area (TPSA) is 38.1 Å². The third-order valence-electron chi connectivity index (χ3n) is 3.17. The van der Waals surface area contributed by atoms with E-state index in [1.807, 2.05) is 31.2 Å². The minimum atomic E-state index is -2.66. The molecule has 22 heavy (non-hydrogen) atoms. The van der Waals surface area contributed by atoms with Crippen molar-refractivity contribution >= 4 is 12.0 Å². The maximum atomic E-state index is 12.7. The van der Waals surface area contributed by atoms with Gasteiger partial charge in [0.05, 0.1) is 6.54 Å². The van der Waals surface area contributed by atoms with Crippen molar-refractivity contribution in [3.8, 4) is 0 Å². The van der Waals surface area contributed by atoms with Crippen LogP contribution in [0.2, 0.25) is 0 Å². The summed E-state index contributed by atoms with van der Waals surface area (Å²) in [5.74, 6) is -0.125. The highest BCUT2D eigenvalue weighted by Gasteiger charge is 2.14. The molecular formula is C16H17F2N3O. The average Bonchev–Trinajstić information content (AvgIpc) is 2.93. The number of carbonyl (C=O) groups excluding carboxylic acids is 1. The number of imidazole rings is 1. The first kappa shape index (κ1) is 15.9. The molecule has 116 valence electrons. The number of hydrogen-bond donors (Lipinski definition) is 0. The zero-order valence-corrected chi connectivity index (χ0v) is 12.4. The van der Waals surface area contributed by atoms with Crippen LogP contribution in [0.15, 0.2) is 42.7 Å². The van der Waals surface area contributed by atoms with Crippen LogP contribution in [-0.4, -0.2) is 27.4 Å². The van der Waals surface area contributed by atoms with Crippen LogP contribution in [0.3, 0.4) is 0 Å². The van der Waals surface area contributed by atoms with Gasteiger partial charge < -0.3 is 4.90 Å². The van der Waals surface area contributed by atoms with E-state index in [9.17, 15) is 13.6 Å². The molecule has 0 N–H and O–H groups in total. The summed E-state index contributed by atoms with van der Waals surface area (Å²) >= 11 is 0. The number of rotatable bonds is 5. The van der Waals surface area contributed by atoms with E-state index in [1.54, 1.807) is 13.1 Å². The van der Waals surface area contributed by atoms with Crippen molar-refractivity contribution < 1.29 is 13.6 Å². The lowest BCUT2D eigenvalue weighted by atomic mass is 10.1. The number of likely N-dealkylation sites (N-methyl/N-ethyl adjacent to an activating group) is 1. The molecular weight excluding hydrogens is 288 g/mol. The van der Waals surface area contributed by atoms with Crippen molar-refractivity contribution in [1.29, 1.82) is 0 Å². The molecule has 2 rings (SSSR count). The zero-order valence-electron chi connectivity index (χ0n) is 12.4. The van der Waals surface area contributed by atoms with E-state index in [4.69, 9.17) is 0 Å². The van der Waals surface area contributed by atoms with Crippen LogP contribution in [0.25, 0.3) is 6.08 Å². The molecule has 1 aromatic heterocycles. The van der Waals surface area contributed by atoms with Gasteiger partial charge in [0.15, 0.2) is 0 Å². The lowest BCUT2D eigenvalue weighted by molar-refractivity contribution is -0.125. The van der Waals surface area contributed by atoms with Gasteiger partial charge in [-0.2, -0.15) is 8.78 Å². The van der Waals surface area contributed by atoms with Crippen molar-refractivity contribution in [2.75, 3.05) is 7.05 Å². The summed E-state index contributed by atoms with van der Waals surface area (Å²) in [6.07, 6.45) is 5.61. The van der Waals surface area contributed by atoms with E-state index in [0.717, 1.165) is 15.7 Å². The van der Waals surface area contributed by atoms with Gasteiger partial charge in [0.25, 0.3) is 0 Å². The quantitative estimate of drug-likeness (QED) is 0.795. The van der Waals surface area contributed by atoms with Gasteiger partial charge in [-0.15, -0.1) is 0 Å². The Morgan fingerprint density at radius 1 is 1.45 bits per heavy atom. The molecule has 0 unspecified atom stereocenters. The maximum Gasteiger partial charge on any atom is 0.319 e.